The summed E-state index contributed by atoms with van der Waals surface area (Å²) in [5.41, 5.74) is 0. The van der Waals surface area contributed by atoms with Crippen molar-refractivity contribution in [3.63, 3.8) is 0 Å². The van der Waals surface area contributed by atoms with Crippen molar-refractivity contribution in [1.29, 1.82) is 0 Å². The first-order valence-corrected chi connectivity index (χ1v) is 3.11. The van der Waals surface area contributed by atoms with Crippen LogP contribution in [0.4, 0.5) is 0 Å². The van der Waals surface area contributed by atoms with Crippen LogP contribution in [0.2, 0.25) is 0 Å². The van der Waals surface area contributed by atoms with Gasteiger partial charge in [0.2, 0.25) is 0 Å². The fourth-order valence-corrected chi connectivity index (χ4v) is 1.22. The molecule has 0 N–H and O–H groups in total. The summed E-state index contributed by atoms with van der Waals surface area (Å²) in [5, 5.41) is 12.6. The number of hydroxylamine groups is 3. The van der Waals surface area contributed by atoms with Crippen LogP contribution in [0.5, 0.6) is 0 Å². The molecule has 0 bridgehead atoms. The van der Waals surface area contributed by atoms with Gasteiger partial charge in [0.25, 0.3) is 0 Å². The normalized spacial score (nSPS) is 39.7. The van der Waals surface area contributed by atoms with E-state index >= 15 is 0 Å². The van der Waals surface area contributed by atoms with Crippen molar-refractivity contribution in [3.05, 3.63) is 16.8 Å². The minimum Gasteiger partial charge on any atom is -0.627 e. The molecular weight excluding hydrogens is 110 g/mol. The lowest BCUT2D eigenvalue weighted by molar-refractivity contribution is -0.790. The SMILES string of the molecule is C[N+]1([O-])C=CSC1. The van der Waals surface area contributed by atoms with Crippen molar-refractivity contribution in [3.8, 4) is 0 Å². The van der Waals surface area contributed by atoms with E-state index in [1.54, 1.807) is 25.0 Å². The van der Waals surface area contributed by atoms with Gasteiger partial charge in [0.05, 0.1) is 7.05 Å². The Morgan fingerprint density at radius 3 is 2.71 bits per heavy atom. The molecule has 0 fully saturated rings. The number of hydrogen-bond donors (Lipinski definition) is 0. The van der Waals surface area contributed by atoms with E-state index in [9.17, 15) is 5.21 Å². The van der Waals surface area contributed by atoms with Gasteiger partial charge in [-0.15, -0.1) is 0 Å². The Balaban J connectivity index is 2.57. The Bertz CT molecular complexity index is 99.9. The lowest BCUT2D eigenvalue weighted by Crippen LogP contribution is -2.26. The molecule has 0 saturated carbocycles. The van der Waals surface area contributed by atoms with E-state index in [0.717, 1.165) is 0 Å². The van der Waals surface area contributed by atoms with Gasteiger partial charge >= 0.3 is 0 Å². The first-order valence-electron chi connectivity index (χ1n) is 2.06. The molecular formula is C4H7NOS. The highest BCUT2D eigenvalue weighted by atomic mass is 32.2. The zero-order valence-corrected chi connectivity index (χ0v) is 4.94. The molecule has 3 heteroatoms. The van der Waals surface area contributed by atoms with Crippen LogP contribution in [0.25, 0.3) is 0 Å². The molecule has 0 amide bonds. The van der Waals surface area contributed by atoms with E-state index in [1.807, 2.05) is 5.41 Å². The Morgan fingerprint density at radius 2 is 2.57 bits per heavy atom. The van der Waals surface area contributed by atoms with Gasteiger partial charge in [0.15, 0.2) is 0 Å². The monoisotopic (exact) mass is 117 g/mol. The summed E-state index contributed by atoms with van der Waals surface area (Å²) < 4.78 is -0.218. The minimum atomic E-state index is -0.218. The summed E-state index contributed by atoms with van der Waals surface area (Å²) in [6.45, 7) is 0. The number of rotatable bonds is 0. The first-order chi connectivity index (χ1) is 3.21. The largest absolute Gasteiger partial charge is 0.627 e. The van der Waals surface area contributed by atoms with Crippen LogP contribution in [0.1, 0.15) is 0 Å². The van der Waals surface area contributed by atoms with E-state index in [0.29, 0.717) is 5.88 Å². The van der Waals surface area contributed by atoms with Crippen molar-refractivity contribution in [2.45, 2.75) is 0 Å². The second kappa shape index (κ2) is 1.51. The zero-order valence-electron chi connectivity index (χ0n) is 4.13. The molecule has 1 heterocycles. The summed E-state index contributed by atoms with van der Waals surface area (Å²) in [4.78, 5) is 0. The highest BCUT2D eigenvalue weighted by Crippen LogP contribution is 2.19. The maximum absolute atomic E-state index is 10.7. The predicted octanol–water partition coefficient (Wildman–Crippen LogP) is 1.11. The smallest absolute Gasteiger partial charge is 0.133 e. The van der Waals surface area contributed by atoms with E-state index in [2.05, 4.69) is 0 Å². The van der Waals surface area contributed by atoms with Crippen molar-refractivity contribution in [1.82, 2.24) is 0 Å². The van der Waals surface area contributed by atoms with Crippen LogP contribution in [-0.2, 0) is 0 Å². The third-order valence-corrected chi connectivity index (χ3v) is 1.78. The number of quaternary nitrogens is 1. The topological polar surface area (TPSA) is 23.1 Å². The van der Waals surface area contributed by atoms with E-state index in [1.165, 1.54) is 0 Å². The number of nitrogens with zero attached hydrogens (tertiary/aromatic N) is 1. The van der Waals surface area contributed by atoms with Gasteiger partial charge in [0, 0.05) is 5.41 Å². The van der Waals surface area contributed by atoms with Crippen molar-refractivity contribution >= 4 is 11.8 Å². The van der Waals surface area contributed by atoms with Crippen LogP contribution in [0.15, 0.2) is 11.6 Å². The minimum absolute atomic E-state index is 0.218. The lowest BCUT2D eigenvalue weighted by atomic mass is 10.8. The van der Waals surface area contributed by atoms with Crippen LogP contribution in [-0.4, -0.2) is 17.6 Å². The zero-order chi connectivity index (χ0) is 5.33. The average Bonchev–Trinajstić information content (AvgIpc) is 1.84. The lowest BCUT2D eigenvalue weighted by Gasteiger charge is -2.28. The van der Waals surface area contributed by atoms with E-state index in [-0.39, 0.29) is 4.65 Å². The molecule has 0 spiro atoms. The molecule has 0 aromatic carbocycles. The quantitative estimate of drug-likeness (QED) is 0.350. The highest BCUT2D eigenvalue weighted by Gasteiger charge is 2.09. The Morgan fingerprint density at radius 1 is 1.86 bits per heavy atom. The number of hydrogen-bond acceptors (Lipinski definition) is 2. The molecule has 2 nitrogen and oxygen atoms in total. The molecule has 0 aromatic rings. The second-order valence-corrected chi connectivity index (χ2v) is 2.62. The van der Waals surface area contributed by atoms with Crippen LogP contribution < -0.4 is 0 Å². The fourth-order valence-electron chi connectivity index (χ4n) is 0.406. The Hall–Kier alpha value is 0.01000. The van der Waals surface area contributed by atoms with Crippen LogP contribution in [0.3, 0.4) is 0 Å². The van der Waals surface area contributed by atoms with E-state index < -0.39 is 0 Å². The Labute approximate surface area is 47.0 Å². The first kappa shape index (κ1) is 5.15. The molecule has 0 radical (unpaired) electrons. The average molecular weight is 117 g/mol. The van der Waals surface area contributed by atoms with Crippen LogP contribution >= 0.6 is 11.8 Å². The predicted molar refractivity (Wildman–Crippen MR) is 31.1 cm³/mol. The molecule has 1 rings (SSSR count). The summed E-state index contributed by atoms with van der Waals surface area (Å²) in [6, 6.07) is 0. The van der Waals surface area contributed by atoms with Gasteiger partial charge in [-0.1, -0.05) is 11.8 Å². The molecule has 0 saturated heterocycles. The number of thioether (sulfide) groups is 1. The molecule has 7 heavy (non-hydrogen) atoms. The Kier molecular flexibility index (Phi) is 1.11. The van der Waals surface area contributed by atoms with Gasteiger partial charge in [-0.25, -0.2) is 0 Å². The summed E-state index contributed by atoms with van der Waals surface area (Å²) in [6.07, 6.45) is 1.64. The molecule has 0 aromatic heterocycles. The van der Waals surface area contributed by atoms with Crippen molar-refractivity contribution in [2.24, 2.45) is 0 Å². The fraction of sp³-hybridized carbons (Fsp3) is 0.500. The van der Waals surface area contributed by atoms with Gasteiger partial charge in [-0.2, -0.15) is 0 Å². The summed E-state index contributed by atoms with van der Waals surface area (Å²) in [5.74, 6) is 0.639. The van der Waals surface area contributed by atoms with Crippen molar-refractivity contribution < 1.29 is 4.65 Å². The highest BCUT2D eigenvalue weighted by molar-refractivity contribution is 8.02. The van der Waals surface area contributed by atoms with Gasteiger partial charge in [0.1, 0.15) is 12.1 Å². The van der Waals surface area contributed by atoms with Gasteiger partial charge < -0.3 is 9.85 Å². The molecule has 1 aliphatic heterocycles. The standard InChI is InChI=1S/C4H7NOS/c1-5(6)2-3-7-4-5/h2-3H,4H2,1H3. The van der Waals surface area contributed by atoms with Crippen LogP contribution in [0, 0.1) is 5.21 Å². The van der Waals surface area contributed by atoms with E-state index in [4.69, 9.17) is 0 Å². The van der Waals surface area contributed by atoms with Gasteiger partial charge in [-0.05, 0) is 0 Å². The molecule has 1 aliphatic rings. The molecule has 0 aliphatic carbocycles. The molecule has 40 valence electrons. The maximum atomic E-state index is 10.7. The molecule has 1 atom stereocenters. The third kappa shape index (κ3) is 1.19. The molecule has 1 unspecified atom stereocenters. The summed E-state index contributed by atoms with van der Waals surface area (Å²) in [7, 11) is 1.64. The third-order valence-electron chi connectivity index (χ3n) is 0.803. The van der Waals surface area contributed by atoms with Crippen molar-refractivity contribution in [2.75, 3.05) is 12.9 Å². The van der Waals surface area contributed by atoms with Gasteiger partial charge in [-0.3, -0.25) is 0 Å². The maximum Gasteiger partial charge on any atom is 0.133 e. The summed E-state index contributed by atoms with van der Waals surface area (Å²) >= 11 is 1.56. The second-order valence-electron chi connectivity index (χ2n) is 1.76.